The van der Waals surface area contributed by atoms with Crippen molar-refractivity contribution in [2.45, 2.75) is 0 Å². The molecule has 0 radical (unpaired) electrons. The molecule has 0 bridgehead atoms. The van der Waals surface area contributed by atoms with Crippen molar-refractivity contribution in [2.75, 3.05) is 0 Å². The first-order valence-electron chi connectivity index (χ1n) is 25.5. The molecule has 0 amide bonds. The number of nitrogens with zero attached hydrogens (tertiary/aromatic N) is 9. The van der Waals surface area contributed by atoms with Crippen LogP contribution in [-0.2, 0) is 0 Å². The molecule has 12 nitrogen and oxygen atoms in total. The molecule has 0 aliphatic carbocycles. The van der Waals surface area contributed by atoms with Gasteiger partial charge in [0.1, 0.15) is 47.1 Å². The highest BCUT2D eigenvalue weighted by Crippen LogP contribution is 2.43. The van der Waals surface area contributed by atoms with Gasteiger partial charge in [-0.2, -0.15) is 0 Å². The fourth-order valence-corrected chi connectivity index (χ4v) is 11.7. The van der Waals surface area contributed by atoms with Crippen molar-refractivity contribution in [1.82, 2.24) is 43.6 Å². The maximum Gasteiger partial charge on any atom is 0.237 e. The van der Waals surface area contributed by atoms with Gasteiger partial charge in [0.05, 0.1) is 27.6 Å². The zero-order valence-electron chi connectivity index (χ0n) is 41.3. The molecule has 78 heavy (non-hydrogen) atoms. The van der Waals surface area contributed by atoms with Gasteiger partial charge in [-0.3, -0.25) is 14.1 Å². The summed E-state index contributed by atoms with van der Waals surface area (Å²) in [6.45, 7) is 0. The normalized spacial score (nSPS) is 11.8. The Morgan fingerprint density at radius 2 is 0.641 bits per heavy atom. The summed E-state index contributed by atoms with van der Waals surface area (Å²) in [6.07, 6.45) is 10.0. The third-order valence-corrected chi connectivity index (χ3v) is 14.9. The van der Waals surface area contributed by atoms with Crippen molar-refractivity contribution in [3.63, 3.8) is 0 Å². The van der Waals surface area contributed by atoms with E-state index in [9.17, 15) is 0 Å². The van der Waals surface area contributed by atoms with Gasteiger partial charge < -0.3 is 17.8 Å². The summed E-state index contributed by atoms with van der Waals surface area (Å²) in [5.41, 5.74) is 12.9. The highest BCUT2D eigenvalue weighted by molar-refractivity contribution is 6.24. The highest BCUT2D eigenvalue weighted by Gasteiger charge is 2.22. The van der Waals surface area contributed by atoms with Crippen LogP contribution >= 0.6 is 0 Å². The predicted molar refractivity (Wildman–Crippen MR) is 311 cm³/mol. The summed E-state index contributed by atoms with van der Waals surface area (Å²) in [4.78, 5) is 25.4. The first kappa shape index (κ1) is 43.4. The van der Waals surface area contributed by atoms with E-state index in [1.165, 1.54) is 34.3 Å². The van der Waals surface area contributed by atoms with Crippen LogP contribution < -0.4 is 0 Å². The lowest BCUT2D eigenvalue weighted by atomic mass is 10.1. The first-order valence-corrected chi connectivity index (χ1v) is 25.5. The monoisotopic (exact) mass is 1010 g/mol. The Balaban J connectivity index is 0.0000000978. The quantitative estimate of drug-likeness (QED) is 0.170. The molecular formula is C66H39N9O3. The van der Waals surface area contributed by atoms with Gasteiger partial charge in [0.15, 0.2) is 16.7 Å². The molecule has 0 unspecified atom stereocenters. The lowest BCUT2D eigenvalue weighted by Gasteiger charge is -2.07. The average molecular weight is 1010 g/mol. The van der Waals surface area contributed by atoms with Crippen LogP contribution in [0.5, 0.6) is 0 Å². The van der Waals surface area contributed by atoms with E-state index in [0.717, 1.165) is 121 Å². The molecule has 366 valence electrons. The van der Waals surface area contributed by atoms with Gasteiger partial charge in [-0.05, 0) is 72.8 Å². The van der Waals surface area contributed by atoms with Crippen molar-refractivity contribution in [3.05, 3.63) is 238 Å². The van der Waals surface area contributed by atoms with Crippen LogP contribution in [0.3, 0.4) is 0 Å². The minimum atomic E-state index is 0.583. The van der Waals surface area contributed by atoms with Crippen molar-refractivity contribution < 1.29 is 13.3 Å². The van der Waals surface area contributed by atoms with Gasteiger partial charge in [0, 0.05) is 88.9 Å². The van der Waals surface area contributed by atoms with Crippen LogP contribution in [0.15, 0.2) is 251 Å². The van der Waals surface area contributed by atoms with Crippen molar-refractivity contribution in [3.8, 4) is 17.5 Å². The molecule has 0 saturated carbocycles. The van der Waals surface area contributed by atoms with E-state index in [1.54, 1.807) is 12.5 Å². The van der Waals surface area contributed by atoms with Crippen molar-refractivity contribution in [1.29, 1.82) is 0 Å². The summed E-state index contributed by atoms with van der Waals surface area (Å²) in [5.74, 6) is 1.42. The Kier molecular flexibility index (Phi) is 9.63. The molecule has 0 aliphatic rings. The lowest BCUT2D eigenvalue weighted by Crippen LogP contribution is -2.00. The number of benzene rings is 9. The SMILES string of the molecule is c1ccc2c(c1)oc1c2ccc2c3ccccc3n(-c3ccncc3)c21.c1ccc2c(c1)oc1c2ccc2c3ccccc3n(-c3ccncn3)c21.c1ccc2c(c1)oc1c2ccc2c3ccccc3n(-c3ncncn3)c21. The van der Waals surface area contributed by atoms with Gasteiger partial charge in [-0.15, -0.1) is 0 Å². The Morgan fingerprint density at radius 1 is 0.269 bits per heavy atom. The maximum atomic E-state index is 6.32. The fraction of sp³-hybridized carbons (Fsp3) is 0. The number of hydrogen-bond donors (Lipinski definition) is 0. The van der Waals surface area contributed by atoms with Crippen LogP contribution in [0, 0.1) is 0 Å². The average Bonchev–Trinajstić information content (AvgIpc) is 4.56. The van der Waals surface area contributed by atoms with E-state index in [4.69, 9.17) is 13.3 Å². The zero-order chi connectivity index (χ0) is 51.3. The molecule has 0 fully saturated rings. The fourth-order valence-electron chi connectivity index (χ4n) is 11.7. The van der Waals surface area contributed by atoms with E-state index in [-0.39, 0.29) is 0 Å². The molecular weight excluding hydrogens is 967 g/mol. The van der Waals surface area contributed by atoms with Crippen LogP contribution in [0.4, 0.5) is 0 Å². The second kappa shape index (κ2) is 17.3. The molecule has 12 heteroatoms. The summed E-state index contributed by atoms with van der Waals surface area (Å²) in [7, 11) is 0. The molecule has 0 N–H and O–H groups in total. The smallest absolute Gasteiger partial charge is 0.237 e. The second-order valence-electron chi connectivity index (χ2n) is 19.1. The van der Waals surface area contributed by atoms with Gasteiger partial charge in [0.25, 0.3) is 0 Å². The Bertz CT molecular complexity index is 4810. The topological polar surface area (TPSA) is 132 Å². The predicted octanol–water partition coefficient (Wildman–Crippen LogP) is 16.4. The number of hydrogen-bond acceptors (Lipinski definition) is 9. The molecule has 9 aromatic carbocycles. The van der Waals surface area contributed by atoms with Crippen LogP contribution in [0.2, 0.25) is 0 Å². The van der Waals surface area contributed by atoms with Gasteiger partial charge in [-0.25, -0.2) is 24.9 Å². The van der Waals surface area contributed by atoms with E-state index < -0.39 is 0 Å². The third-order valence-electron chi connectivity index (χ3n) is 14.9. The molecule has 0 atom stereocenters. The molecule has 9 aromatic heterocycles. The van der Waals surface area contributed by atoms with E-state index in [0.29, 0.717) is 5.95 Å². The van der Waals surface area contributed by atoms with Gasteiger partial charge >= 0.3 is 0 Å². The lowest BCUT2D eigenvalue weighted by molar-refractivity contribution is 0.670. The largest absolute Gasteiger partial charge is 0.454 e. The summed E-state index contributed by atoms with van der Waals surface area (Å²) < 4.78 is 25.4. The number of fused-ring (bicyclic) bond motifs is 21. The molecule has 18 rings (SSSR count). The van der Waals surface area contributed by atoms with Crippen LogP contribution in [0.1, 0.15) is 0 Å². The maximum absolute atomic E-state index is 6.32. The highest BCUT2D eigenvalue weighted by atomic mass is 16.3. The Morgan fingerprint density at radius 3 is 1.12 bits per heavy atom. The molecule has 0 aliphatic heterocycles. The summed E-state index contributed by atoms with van der Waals surface area (Å²) >= 11 is 0. The number of para-hydroxylation sites is 6. The Hall–Kier alpha value is -11.0. The Labute approximate surface area is 441 Å². The number of rotatable bonds is 3. The standard InChI is InChI=1S/C23H14N2O.C22H13N3O.C21H12N4O/c1-3-7-20-16(5-1)18-9-10-19-17-6-2-4-8-21(17)26-23(19)22(18)25(20)15-11-13-24-14-12-15;1-3-7-18-14(5-1)16-9-10-17-15-6-2-4-8-19(15)26-22(17)21(16)25(18)20-11-12-23-13-24-20;1-3-7-17-13(5-1)15-9-10-16-14-6-2-4-8-18(14)26-20(16)19(15)25(17)21-23-11-22-12-24-21/h1-14H;1-13H;1-12H. The number of furan rings is 3. The van der Waals surface area contributed by atoms with E-state index in [1.807, 2.05) is 91.3 Å². The van der Waals surface area contributed by atoms with E-state index >= 15 is 0 Å². The van der Waals surface area contributed by atoms with Gasteiger partial charge in [0.2, 0.25) is 5.95 Å². The number of aromatic nitrogens is 9. The second-order valence-corrected chi connectivity index (χ2v) is 19.1. The van der Waals surface area contributed by atoms with Crippen LogP contribution in [-0.4, -0.2) is 43.6 Å². The summed E-state index contributed by atoms with van der Waals surface area (Å²) in [5, 5.41) is 13.8. The zero-order valence-corrected chi connectivity index (χ0v) is 41.3. The number of pyridine rings is 1. The third kappa shape index (κ3) is 6.53. The minimum absolute atomic E-state index is 0.583. The minimum Gasteiger partial charge on any atom is -0.454 e. The molecule has 0 saturated heterocycles. The summed E-state index contributed by atoms with van der Waals surface area (Å²) in [6, 6.07) is 68.6. The van der Waals surface area contributed by atoms with Gasteiger partial charge in [-0.1, -0.05) is 127 Å². The molecule has 0 spiro atoms. The van der Waals surface area contributed by atoms with E-state index in [2.05, 4.69) is 165 Å². The van der Waals surface area contributed by atoms with Crippen molar-refractivity contribution in [2.24, 2.45) is 0 Å². The first-order chi connectivity index (χ1) is 38.7. The molecule has 9 heterocycles. The van der Waals surface area contributed by atoms with Crippen LogP contribution in [0.25, 0.3) is 149 Å². The molecule has 18 aromatic rings. The van der Waals surface area contributed by atoms with Crippen molar-refractivity contribution >= 4 is 131 Å².